The van der Waals surface area contributed by atoms with Gasteiger partial charge < -0.3 is 15.1 Å². The first-order valence-corrected chi connectivity index (χ1v) is 4.58. The summed E-state index contributed by atoms with van der Waals surface area (Å²) in [5.74, 6) is 0.968. The van der Waals surface area contributed by atoms with Gasteiger partial charge in [0, 0.05) is 17.1 Å². The summed E-state index contributed by atoms with van der Waals surface area (Å²) in [4.78, 5) is 2.07. The van der Waals surface area contributed by atoms with Gasteiger partial charge in [0.25, 0.3) is 0 Å². The standard InChI is InChI=1S/C11H14N2O/c1-13(2)7-10-5-8-3-4-9(12)6-11(8)14-10/h3-6H,7,12H2,1-2H3. The van der Waals surface area contributed by atoms with Gasteiger partial charge in [-0.2, -0.15) is 0 Å². The second-order valence-corrected chi connectivity index (χ2v) is 3.75. The summed E-state index contributed by atoms with van der Waals surface area (Å²) in [6.07, 6.45) is 0. The van der Waals surface area contributed by atoms with Gasteiger partial charge in [-0.1, -0.05) is 0 Å². The van der Waals surface area contributed by atoms with E-state index in [4.69, 9.17) is 10.2 Å². The van der Waals surface area contributed by atoms with Crippen LogP contribution in [0.4, 0.5) is 5.69 Å². The van der Waals surface area contributed by atoms with Crippen LogP contribution in [0.15, 0.2) is 28.7 Å². The summed E-state index contributed by atoms with van der Waals surface area (Å²) in [6.45, 7) is 0.814. The van der Waals surface area contributed by atoms with Crippen LogP contribution in [-0.2, 0) is 6.54 Å². The average molecular weight is 190 g/mol. The Bertz CT molecular complexity index is 445. The normalized spacial score (nSPS) is 11.4. The zero-order chi connectivity index (χ0) is 10.1. The maximum Gasteiger partial charge on any atom is 0.136 e. The molecule has 0 unspecified atom stereocenters. The van der Waals surface area contributed by atoms with Crippen molar-refractivity contribution in [2.24, 2.45) is 0 Å². The van der Waals surface area contributed by atoms with Crippen LogP contribution in [0.25, 0.3) is 11.0 Å². The van der Waals surface area contributed by atoms with Crippen molar-refractivity contribution in [3.8, 4) is 0 Å². The second-order valence-electron chi connectivity index (χ2n) is 3.75. The van der Waals surface area contributed by atoms with E-state index in [1.165, 1.54) is 0 Å². The Morgan fingerprint density at radius 1 is 1.29 bits per heavy atom. The van der Waals surface area contributed by atoms with E-state index in [2.05, 4.69) is 11.0 Å². The maximum atomic E-state index is 5.66. The molecule has 0 saturated heterocycles. The molecule has 2 N–H and O–H groups in total. The first-order valence-electron chi connectivity index (χ1n) is 4.58. The fraction of sp³-hybridized carbons (Fsp3) is 0.273. The van der Waals surface area contributed by atoms with Crippen LogP contribution in [0.5, 0.6) is 0 Å². The van der Waals surface area contributed by atoms with Crippen molar-refractivity contribution in [2.75, 3.05) is 19.8 Å². The Balaban J connectivity index is 2.41. The first-order chi connectivity index (χ1) is 6.65. The number of nitrogens with two attached hydrogens (primary N) is 1. The topological polar surface area (TPSA) is 42.4 Å². The van der Waals surface area contributed by atoms with Gasteiger partial charge in [-0.05, 0) is 32.3 Å². The van der Waals surface area contributed by atoms with Gasteiger partial charge in [0.2, 0.25) is 0 Å². The molecular formula is C11H14N2O. The lowest BCUT2D eigenvalue weighted by Crippen LogP contribution is -2.09. The van der Waals surface area contributed by atoms with Crippen molar-refractivity contribution in [2.45, 2.75) is 6.54 Å². The minimum Gasteiger partial charge on any atom is -0.460 e. The highest BCUT2D eigenvalue weighted by Crippen LogP contribution is 2.22. The van der Waals surface area contributed by atoms with Crippen LogP contribution in [0.2, 0.25) is 0 Å². The molecule has 2 aromatic rings. The fourth-order valence-electron chi connectivity index (χ4n) is 1.49. The molecule has 14 heavy (non-hydrogen) atoms. The second kappa shape index (κ2) is 3.35. The monoisotopic (exact) mass is 190 g/mol. The summed E-state index contributed by atoms with van der Waals surface area (Å²) < 4.78 is 5.64. The van der Waals surface area contributed by atoms with Crippen LogP contribution < -0.4 is 5.73 Å². The lowest BCUT2D eigenvalue weighted by molar-refractivity contribution is 0.358. The van der Waals surface area contributed by atoms with Crippen molar-refractivity contribution in [3.05, 3.63) is 30.0 Å². The van der Waals surface area contributed by atoms with Gasteiger partial charge in [-0.3, -0.25) is 0 Å². The van der Waals surface area contributed by atoms with Gasteiger partial charge in [0.15, 0.2) is 0 Å². The lowest BCUT2D eigenvalue weighted by Gasteiger charge is -2.04. The summed E-state index contributed by atoms with van der Waals surface area (Å²) in [5.41, 5.74) is 7.27. The molecule has 0 aliphatic heterocycles. The van der Waals surface area contributed by atoms with Crippen molar-refractivity contribution in [3.63, 3.8) is 0 Å². The highest BCUT2D eigenvalue weighted by Gasteiger charge is 2.04. The molecule has 3 heteroatoms. The van der Waals surface area contributed by atoms with E-state index >= 15 is 0 Å². The van der Waals surface area contributed by atoms with Crippen LogP contribution >= 0.6 is 0 Å². The zero-order valence-electron chi connectivity index (χ0n) is 8.45. The number of hydrogen-bond donors (Lipinski definition) is 1. The molecule has 0 radical (unpaired) electrons. The molecule has 0 aliphatic rings. The molecule has 2 rings (SSSR count). The summed E-state index contributed by atoms with van der Waals surface area (Å²) in [7, 11) is 4.03. The summed E-state index contributed by atoms with van der Waals surface area (Å²) in [5, 5.41) is 1.11. The molecule has 74 valence electrons. The predicted molar refractivity (Wildman–Crippen MR) is 58.0 cm³/mol. The number of nitrogen functional groups attached to an aromatic ring is 1. The Morgan fingerprint density at radius 2 is 2.07 bits per heavy atom. The summed E-state index contributed by atoms with van der Waals surface area (Å²) >= 11 is 0. The lowest BCUT2D eigenvalue weighted by atomic mass is 10.2. The van der Waals surface area contributed by atoms with E-state index in [1.54, 1.807) is 0 Å². The van der Waals surface area contributed by atoms with Gasteiger partial charge in [-0.15, -0.1) is 0 Å². The number of rotatable bonds is 2. The smallest absolute Gasteiger partial charge is 0.136 e. The largest absolute Gasteiger partial charge is 0.460 e. The zero-order valence-corrected chi connectivity index (χ0v) is 8.45. The third-order valence-electron chi connectivity index (χ3n) is 2.07. The van der Waals surface area contributed by atoms with E-state index in [0.717, 1.165) is 29.0 Å². The van der Waals surface area contributed by atoms with E-state index in [-0.39, 0.29) is 0 Å². The number of fused-ring (bicyclic) bond motifs is 1. The molecule has 0 spiro atoms. The third kappa shape index (κ3) is 1.72. The molecule has 0 atom stereocenters. The van der Waals surface area contributed by atoms with Gasteiger partial charge >= 0.3 is 0 Å². The predicted octanol–water partition coefficient (Wildman–Crippen LogP) is 2.08. The molecule has 0 saturated carbocycles. The molecule has 0 aliphatic carbocycles. The number of nitrogens with zero attached hydrogens (tertiary/aromatic N) is 1. The number of furan rings is 1. The van der Waals surface area contributed by atoms with Gasteiger partial charge in [-0.25, -0.2) is 0 Å². The maximum absolute atomic E-state index is 5.66. The SMILES string of the molecule is CN(C)Cc1cc2ccc(N)cc2o1. The highest BCUT2D eigenvalue weighted by molar-refractivity contribution is 5.81. The summed E-state index contributed by atoms with van der Waals surface area (Å²) in [6, 6.07) is 7.77. The third-order valence-corrected chi connectivity index (χ3v) is 2.07. The first kappa shape index (κ1) is 9.09. The Morgan fingerprint density at radius 3 is 2.79 bits per heavy atom. The highest BCUT2D eigenvalue weighted by atomic mass is 16.3. The van der Waals surface area contributed by atoms with E-state index < -0.39 is 0 Å². The van der Waals surface area contributed by atoms with Crippen LogP contribution in [0.1, 0.15) is 5.76 Å². The quantitative estimate of drug-likeness (QED) is 0.737. The molecule has 1 heterocycles. The van der Waals surface area contributed by atoms with Crippen molar-refractivity contribution < 1.29 is 4.42 Å². The van der Waals surface area contributed by atoms with Crippen LogP contribution in [-0.4, -0.2) is 19.0 Å². The number of hydrogen-bond acceptors (Lipinski definition) is 3. The Hall–Kier alpha value is -1.48. The van der Waals surface area contributed by atoms with Crippen molar-refractivity contribution >= 4 is 16.7 Å². The van der Waals surface area contributed by atoms with Crippen molar-refractivity contribution in [1.82, 2.24) is 4.90 Å². The molecule has 0 bridgehead atoms. The van der Waals surface area contributed by atoms with E-state index in [1.807, 2.05) is 32.3 Å². The molecule has 0 fully saturated rings. The minimum absolute atomic E-state index is 0.739. The fourth-order valence-corrected chi connectivity index (χ4v) is 1.49. The van der Waals surface area contributed by atoms with Crippen molar-refractivity contribution in [1.29, 1.82) is 0 Å². The number of anilines is 1. The number of benzene rings is 1. The molecule has 0 amide bonds. The van der Waals surface area contributed by atoms with E-state index in [0.29, 0.717) is 0 Å². The van der Waals surface area contributed by atoms with Crippen LogP contribution in [0, 0.1) is 0 Å². The Kier molecular flexibility index (Phi) is 2.17. The molecular weight excluding hydrogens is 176 g/mol. The van der Waals surface area contributed by atoms with E-state index in [9.17, 15) is 0 Å². The average Bonchev–Trinajstić information content (AvgIpc) is 2.44. The minimum atomic E-state index is 0.739. The van der Waals surface area contributed by atoms with Gasteiger partial charge in [0.1, 0.15) is 11.3 Å². The molecule has 3 nitrogen and oxygen atoms in total. The molecule has 1 aromatic carbocycles. The van der Waals surface area contributed by atoms with Gasteiger partial charge in [0.05, 0.1) is 6.54 Å². The Labute approximate surface area is 83.1 Å². The van der Waals surface area contributed by atoms with Crippen LogP contribution in [0.3, 0.4) is 0 Å². The molecule has 1 aromatic heterocycles.